The molecule has 0 saturated carbocycles. The van der Waals surface area contributed by atoms with E-state index in [1.807, 2.05) is 49.3 Å². The number of nitrogen functional groups attached to an aromatic ring is 1. The molecule has 2 aromatic carbocycles. The fraction of sp³-hybridized carbons (Fsp3) is 0.133. The summed E-state index contributed by atoms with van der Waals surface area (Å²) in [5, 5.41) is 8.85. The molecule has 2 rings (SSSR count). The van der Waals surface area contributed by atoms with E-state index in [4.69, 9.17) is 11.0 Å². The first-order chi connectivity index (χ1) is 8.63. The Balaban J connectivity index is 2.60. The van der Waals surface area contributed by atoms with Crippen LogP contribution in [0.2, 0.25) is 0 Å². The van der Waals surface area contributed by atoms with Gasteiger partial charge in [0.05, 0.1) is 11.6 Å². The molecule has 3 nitrogen and oxygen atoms in total. The first-order valence-electron chi connectivity index (χ1n) is 5.70. The van der Waals surface area contributed by atoms with E-state index in [-0.39, 0.29) is 0 Å². The molecule has 3 heteroatoms. The molecule has 2 N–H and O–H groups in total. The second-order valence-corrected chi connectivity index (χ2v) is 4.33. The number of nitriles is 1. The van der Waals surface area contributed by atoms with Crippen molar-refractivity contribution in [2.24, 2.45) is 0 Å². The van der Waals surface area contributed by atoms with Gasteiger partial charge in [0, 0.05) is 36.6 Å². The number of anilines is 2. The average Bonchev–Trinajstić information content (AvgIpc) is 2.38. The molecule has 0 bridgehead atoms. The molecule has 0 aromatic heterocycles. The second kappa shape index (κ2) is 4.80. The Morgan fingerprint density at radius 2 is 1.78 bits per heavy atom. The summed E-state index contributed by atoms with van der Waals surface area (Å²) < 4.78 is 0. The molecule has 0 fully saturated rings. The van der Waals surface area contributed by atoms with Crippen molar-refractivity contribution >= 4 is 11.4 Å². The van der Waals surface area contributed by atoms with Crippen molar-refractivity contribution in [1.29, 1.82) is 5.26 Å². The number of benzene rings is 2. The maximum atomic E-state index is 8.85. The summed E-state index contributed by atoms with van der Waals surface area (Å²) >= 11 is 0. The topological polar surface area (TPSA) is 53.0 Å². The lowest BCUT2D eigenvalue weighted by atomic mass is 10.00. The highest BCUT2D eigenvalue weighted by Crippen LogP contribution is 2.33. The lowest BCUT2D eigenvalue weighted by Gasteiger charge is -2.18. The van der Waals surface area contributed by atoms with E-state index < -0.39 is 0 Å². The molecule has 0 atom stereocenters. The van der Waals surface area contributed by atoms with Crippen LogP contribution in [0.15, 0.2) is 42.5 Å². The Bertz CT molecular complexity index is 609. The molecular weight excluding hydrogens is 222 g/mol. The van der Waals surface area contributed by atoms with Gasteiger partial charge in [-0.15, -0.1) is 0 Å². The largest absolute Gasteiger partial charge is 0.398 e. The molecule has 90 valence electrons. The van der Waals surface area contributed by atoms with Crippen LogP contribution < -0.4 is 10.6 Å². The monoisotopic (exact) mass is 237 g/mol. The van der Waals surface area contributed by atoms with Gasteiger partial charge in [-0.2, -0.15) is 5.26 Å². The van der Waals surface area contributed by atoms with Gasteiger partial charge in [-0.25, -0.2) is 0 Å². The first kappa shape index (κ1) is 12.0. The van der Waals surface area contributed by atoms with Gasteiger partial charge < -0.3 is 10.6 Å². The van der Waals surface area contributed by atoms with Crippen molar-refractivity contribution in [2.45, 2.75) is 0 Å². The Kier molecular flexibility index (Phi) is 3.20. The number of rotatable bonds is 2. The summed E-state index contributed by atoms with van der Waals surface area (Å²) in [5.74, 6) is 0. The summed E-state index contributed by atoms with van der Waals surface area (Å²) in [6.45, 7) is 0. The third-order valence-corrected chi connectivity index (χ3v) is 2.86. The van der Waals surface area contributed by atoms with Crippen LogP contribution in [0.5, 0.6) is 0 Å². The smallest absolute Gasteiger partial charge is 0.0992 e. The van der Waals surface area contributed by atoms with E-state index in [1.165, 1.54) is 0 Å². The van der Waals surface area contributed by atoms with Crippen molar-refractivity contribution in [3.05, 3.63) is 48.0 Å². The Morgan fingerprint density at radius 3 is 2.39 bits per heavy atom. The maximum Gasteiger partial charge on any atom is 0.0992 e. The summed E-state index contributed by atoms with van der Waals surface area (Å²) in [6.07, 6.45) is 0. The van der Waals surface area contributed by atoms with E-state index in [0.717, 1.165) is 16.8 Å². The minimum atomic E-state index is 0.582. The minimum absolute atomic E-state index is 0.582. The average molecular weight is 237 g/mol. The van der Waals surface area contributed by atoms with Crippen LogP contribution in [-0.4, -0.2) is 14.1 Å². The fourth-order valence-corrected chi connectivity index (χ4v) is 1.97. The molecule has 0 heterocycles. The number of hydrogen-bond acceptors (Lipinski definition) is 3. The van der Waals surface area contributed by atoms with Gasteiger partial charge in [-0.05, 0) is 18.2 Å². The molecule has 0 radical (unpaired) electrons. The molecule has 0 aliphatic carbocycles. The van der Waals surface area contributed by atoms with E-state index in [2.05, 4.69) is 6.07 Å². The van der Waals surface area contributed by atoms with Crippen molar-refractivity contribution in [1.82, 2.24) is 0 Å². The van der Waals surface area contributed by atoms with Gasteiger partial charge in [0.15, 0.2) is 0 Å². The summed E-state index contributed by atoms with van der Waals surface area (Å²) in [5.41, 5.74) is 10.4. The van der Waals surface area contributed by atoms with Crippen LogP contribution in [0.3, 0.4) is 0 Å². The molecule has 0 saturated heterocycles. The third kappa shape index (κ3) is 2.14. The van der Waals surface area contributed by atoms with E-state index >= 15 is 0 Å². The maximum absolute atomic E-state index is 8.85. The van der Waals surface area contributed by atoms with Crippen molar-refractivity contribution in [3.63, 3.8) is 0 Å². The number of hydrogen-bond donors (Lipinski definition) is 1. The summed E-state index contributed by atoms with van der Waals surface area (Å²) in [7, 11) is 4.00. The van der Waals surface area contributed by atoms with Gasteiger partial charge in [0.1, 0.15) is 0 Å². The van der Waals surface area contributed by atoms with Crippen LogP contribution in [0.1, 0.15) is 5.56 Å². The number of nitrogens with zero attached hydrogens (tertiary/aromatic N) is 2. The van der Waals surface area contributed by atoms with Gasteiger partial charge in [-0.3, -0.25) is 0 Å². The van der Waals surface area contributed by atoms with Crippen LogP contribution >= 0.6 is 0 Å². The number of nitrogens with two attached hydrogens (primary N) is 1. The third-order valence-electron chi connectivity index (χ3n) is 2.86. The summed E-state index contributed by atoms with van der Waals surface area (Å²) in [4.78, 5) is 2.05. The molecule has 0 amide bonds. The van der Waals surface area contributed by atoms with Crippen LogP contribution in [0.4, 0.5) is 11.4 Å². The van der Waals surface area contributed by atoms with Crippen LogP contribution in [-0.2, 0) is 0 Å². The SMILES string of the molecule is CN(C)c1ccccc1-c1ccc(C#N)cc1N. The summed E-state index contributed by atoms with van der Waals surface area (Å²) in [6, 6.07) is 15.6. The molecule has 18 heavy (non-hydrogen) atoms. The first-order valence-corrected chi connectivity index (χ1v) is 5.70. The zero-order valence-corrected chi connectivity index (χ0v) is 10.5. The Labute approximate surface area is 107 Å². The van der Waals surface area contributed by atoms with Gasteiger partial charge in [0.2, 0.25) is 0 Å². The molecular formula is C15H15N3. The fourth-order valence-electron chi connectivity index (χ4n) is 1.97. The van der Waals surface area contributed by atoms with E-state index in [1.54, 1.807) is 12.1 Å². The van der Waals surface area contributed by atoms with Crippen molar-refractivity contribution in [2.75, 3.05) is 24.7 Å². The lowest BCUT2D eigenvalue weighted by molar-refractivity contribution is 1.13. The highest BCUT2D eigenvalue weighted by atomic mass is 15.1. The second-order valence-electron chi connectivity index (χ2n) is 4.33. The van der Waals surface area contributed by atoms with Crippen molar-refractivity contribution in [3.8, 4) is 17.2 Å². The minimum Gasteiger partial charge on any atom is -0.398 e. The normalized spacial score (nSPS) is 9.83. The standard InChI is InChI=1S/C15H15N3/c1-18(2)15-6-4-3-5-13(15)12-8-7-11(10-16)9-14(12)17/h3-9H,17H2,1-2H3. The predicted molar refractivity (Wildman–Crippen MR) is 75.3 cm³/mol. The lowest BCUT2D eigenvalue weighted by Crippen LogP contribution is -2.10. The zero-order valence-electron chi connectivity index (χ0n) is 10.5. The van der Waals surface area contributed by atoms with E-state index in [0.29, 0.717) is 11.3 Å². The van der Waals surface area contributed by atoms with Gasteiger partial charge >= 0.3 is 0 Å². The highest BCUT2D eigenvalue weighted by molar-refractivity contribution is 5.85. The van der Waals surface area contributed by atoms with E-state index in [9.17, 15) is 0 Å². The van der Waals surface area contributed by atoms with Crippen molar-refractivity contribution < 1.29 is 0 Å². The molecule has 0 aliphatic rings. The van der Waals surface area contributed by atoms with Gasteiger partial charge in [0.25, 0.3) is 0 Å². The molecule has 0 aliphatic heterocycles. The predicted octanol–water partition coefficient (Wildman–Crippen LogP) is 2.87. The molecule has 2 aromatic rings. The Hall–Kier alpha value is -2.47. The molecule has 0 spiro atoms. The van der Waals surface area contributed by atoms with Gasteiger partial charge in [-0.1, -0.05) is 24.3 Å². The number of para-hydroxylation sites is 1. The molecule has 0 unspecified atom stereocenters. The van der Waals surface area contributed by atoms with Crippen LogP contribution in [0, 0.1) is 11.3 Å². The Morgan fingerprint density at radius 1 is 1.06 bits per heavy atom. The quantitative estimate of drug-likeness (QED) is 0.817. The highest BCUT2D eigenvalue weighted by Gasteiger charge is 2.09. The zero-order chi connectivity index (χ0) is 13.1. The van der Waals surface area contributed by atoms with Crippen LogP contribution in [0.25, 0.3) is 11.1 Å².